The Morgan fingerprint density at radius 1 is 1.50 bits per heavy atom. The molecule has 1 saturated carbocycles. The number of carbonyl (C=O) groups is 1. The molecule has 0 radical (unpaired) electrons. The number of carbonyl (C=O) groups excluding carboxylic acids is 1. The molecule has 16 heavy (non-hydrogen) atoms. The van der Waals surface area contributed by atoms with Crippen LogP contribution in [0.5, 0.6) is 0 Å². The summed E-state index contributed by atoms with van der Waals surface area (Å²) >= 11 is 1.58. The van der Waals surface area contributed by atoms with E-state index >= 15 is 0 Å². The van der Waals surface area contributed by atoms with Gasteiger partial charge in [-0.05, 0) is 44.4 Å². The number of nitrogens with two attached hydrogens (primary N) is 1. The van der Waals surface area contributed by atoms with Crippen molar-refractivity contribution in [2.24, 2.45) is 5.73 Å². The van der Waals surface area contributed by atoms with Gasteiger partial charge in [0.1, 0.15) is 5.54 Å². The topological polar surface area (TPSA) is 78.9 Å². The first kappa shape index (κ1) is 13.3. The van der Waals surface area contributed by atoms with Crippen LogP contribution < -0.4 is 11.1 Å². The Morgan fingerprint density at radius 3 is 2.75 bits per heavy atom. The molecule has 1 rings (SSSR count). The van der Waals surface area contributed by atoms with Crippen LogP contribution in [0.15, 0.2) is 0 Å². The highest BCUT2D eigenvalue weighted by Crippen LogP contribution is 2.28. The van der Waals surface area contributed by atoms with Crippen molar-refractivity contribution in [3.63, 3.8) is 0 Å². The molecule has 4 nitrogen and oxygen atoms in total. The molecule has 1 amide bonds. The van der Waals surface area contributed by atoms with Gasteiger partial charge in [0, 0.05) is 0 Å². The zero-order valence-electron chi connectivity index (χ0n) is 9.50. The standard InChI is InChI=1S/C11H19N3OS/c12-6-3-7-16-8-10(15)14-11(9-13)4-1-2-5-11/h1-8,12H2,(H,14,15). The van der Waals surface area contributed by atoms with E-state index < -0.39 is 5.54 Å². The minimum absolute atomic E-state index is 0.0227. The van der Waals surface area contributed by atoms with E-state index in [1.54, 1.807) is 11.8 Å². The first-order valence-electron chi connectivity index (χ1n) is 5.72. The van der Waals surface area contributed by atoms with Gasteiger partial charge in [0.15, 0.2) is 0 Å². The monoisotopic (exact) mass is 241 g/mol. The SMILES string of the molecule is N#CC1(NC(=O)CSCCCN)CCCC1. The Hall–Kier alpha value is -0.730. The molecule has 0 heterocycles. The number of thioether (sulfide) groups is 1. The van der Waals surface area contributed by atoms with Crippen LogP contribution in [-0.4, -0.2) is 29.5 Å². The first-order valence-corrected chi connectivity index (χ1v) is 6.88. The molecule has 5 heteroatoms. The van der Waals surface area contributed by atoms with E-state index in [0.29, 0.717) is 12.3 Å². The third-order valence-electron chi connectivity index (χ3n) is 2.78. The number of amides is 1. The van der Waals surface area contributed by atoms with Gasteiger partial charge >= 0.3 is 0 Å². The molecule has 0 aromatic carbocycles. The quantitative estimate of drug-likeness (QED) is 0.681. The number of hydrogen-bond donors (Lipinski definition) is 2. The lowest BCUT2D eigenvalue weighted by atomic mass is 10.0. The minimum atomic E-state index is -0.578. The summed E-state index contributed by atoms with van der Waals surface area (Å²) in [5, 5.41) is 12.0. The van der Waals surface area contributed by atoms with Crippen molar-refractivity contribution in [1.82, 2.24) is 5.32 Å². The molecular weight excluding hydrogens is 222 g/mol. The summed E-state index contributed by atoms with van der Waals surface area (Å²) in [5.74, 6) is 1.32. The Bertz CT molecular complexity index is 269. The zero-order valence-corrected chi connectivity index (χ0v) is 10.3. The highest BCUT2D eigenvalue weighted by Gasteiger charge is 2.35. The van der Waals surface area contributed by atoms with Crippen LogP contribution >= 0.6 is 11.8 Å². The summed E-state index contributed by atoms with van der Waals surface area (Å²) in [7, 11) is 0. The van der Waals surface area contributed by atoms with Gasteiger partial charge in [-0.2, -0.15) is 17.0 Å². The molecule has 3 N–H and O–H groups in total. The molecule has 0 atom stereocenters. The van der Waals surface area contributed by atoms with Gasteiger partial charge in [0.25, 0.3) is 0 Å². The maximum absolute atomic E-state index is 11.6. The predicted molar refractivity (Wildman–Crippen MR) is 66.0 cm³/mol. The number of rotatable bonds is 6. The fourth-order valence-corrected chi connectivity index (χ4v) is 2.67. The Balaban J connectivity index is 2.25. The summed E-state index contributed by atoms with van der Waals surface area (Å²) in [5.41, 5.74) is 4.79. The summed E-state index contributed by atoms with van der Waals surface area (Å²) in [6, 6.07) is 2.25. The minimum Gasteiger partial charge on any atom is -0.337 e. The fourth-order valence-electron chi connectivity index (χ4n) is 1.90. The molecule has 0 spiro atoms. The lowest BCUT2D eigenvalue weighted by Gasteiger charge is -2.21. The van der Waals surface area contributed by atoms with Crippen molar-refractivity contribution in [1.29, 1.82) is 5.26 Å². The molecule has 1 aliphatic rings. The van der Waals surface area contributed by atoms with Crippen molar-refractivity contribution in [3.05, 3.63) is 0 Å². The molecule has 1 fully saturated rings. The molecule has 0 saturated heterocycles. The van der Waals surface area contributed by atoms with Crippen molar-refractivity contribution in [2.45, 2.75) is 37.6 Å². The molecule has 0 aromatic rings. The van der Waals surface area contributed by atoms with Crippen molar-refractivity contribution < 1.29 is 4.79 Å². The van der Waals surface area contributed by atoms with Crippen LogP contribution in [0, 0.1) is 11.3 Å². The van der Waals surface area contributed by atoms with Gasteiger partial charge in [-0.15, -0.1) is 0 Å². The lowest BCUT2D eigenvalue weighted by Crippen LogP contribution is -2.45. The molecule has 1 aliphatic carbocycles. The second-order valence-electron chi connectivity index (χ2n) is 4.14. The van der Waals surface area contributed by atoms with Gasteiger partial charge in [-0.25, -0.2) is 0 Å². The van der Waals surface area contributed by atoms with Gasteiger partial charge in [-0.1, -0.05) is 0 Å². The van der Waals surface area contributed by atoms with Gasteiger partial charge < -0.3 is 11.1 Å². The van der Waals surface area contributed by atoms with E-state index in [4.69, 9.17) is 11.0 Å². The summed E-state index contributed by atoms with van der Waals surface area (Å²) in [6.45, 7) is 0.663. The zero-order chi connectivity index (χ0) is 11.9. The maximum Gasteiger partial charge on any atom is 0.231 e. The van der Waals surface area contributed by atoms with E-state index in [2.05, 4.69) is 11.4 Å². The number of nitriles is 1. The number of nitrogens with one attached hydrogen (secondary N) is 1. The molecule has 0 bridgehead atoms. The fraction of sp³-hybridized carbons (Fsp3) is 0.818. The normalized spacial score (nSPS) is 18.0. The van der Waals surface area contributed by atoms with Crippen LogP contribution in [0.1, 0.15) is 32.1 Å². The van der Waals surface area contributed by atoms with Gasteiger partial charge in [0.05, 0.1) is 11.8 Å². The van der Waals surface area contributed by atoms with E-state index in [9.17, 15) is 4.79 Å². The third-order valence-corrected chi connectivity index (χ3v) is 3.82. The van der Waals surface area contributed by atoms with Crippen LogP contribution in [0.3, 0.4) is 0 Å². The van der Waals surface area contributed by atoms with Crippen LogP contribution in [0.4, 0.5) is 0 Å². The van der Waals surface area contributed by atoms with Crippen LogP contribution in [-0.2, 0) is 4.79 Å². The molecule has 90 valence electrons. The number of nitrogens with zero attached hydrogens (tertiary/aromatic N) is 1. The highest BCUT2D eigenvalue weighted by atomic mass is 32.2. The Morgan fingerprint density at radius 2 is 2.19 bits per heavy atom. The van der Waals surface area contributed by atoms with Gasteiger partial charge in [0.2, 0.25) is 5.91 Å². The smallest absolute Gasteiger partial charge is 0.231 e. The van der Waals surface area contributed by atoms with Crippen molar-refractivity contribution in [3.8, 4) is 6.07 Å². The summed E-state index contributed by atoms with van der Waals surface area (Å²) in [4.78, 5) is 11.6. The lowest BCUT2D eigenvalue weighted by molar-refractivity contribution is -0.119. The van der Waals surface area contributed by atoms with E-state index in [-0.39, 0.29) is 5.91 Å². The molecule has 0 unspecified atom stereocenters. The van der Waals surface area contributed by atoms with Crippen LogP contribution in [0.2, 0.25) is 0 Å². The summed E-state index contributed by atoms with van der Waals surface area (Å²) < 4.78 is 0. The Kier molecular flexibility index (Phi) is 5.64. The molecular formula is C11H19N3OS. The van der Waals surface area contributed by atoms with Gasteiger partial charge in [-0.3, -0.25) is 4.79 Å². The second-order valence-corrected chi connectivity index (χ2v) is 5.25. The summed E-state index contributed by atoms with van der Waals surface area (Å²) in [6.07, 6.45) is 4.59. The average Bonchev–Trinajstić information content (AvgIpc) is 2.74. The second kappa shape index (κ2) is 6.77. The highest BCUT2D eigenvalue weighted by molar-refractivity contribution is 7.99. The molecule has 0 aliphatic heterocycles. The largest absolute Gasteiger partial charge is 0.337 e. The number of hydrogen-bond acceptors (Lipinski definition) is 4. The van der Waals surface area contributed by atoms with Crippen molar-refractivity contribution in [2.75, 3.05) is 18.1 Å². The predicted octanol–water partition coefficient (Wildman–Crippen LogP) is 1.02. The van der Waals surface area contributed by atoms with Crippen LogP contribution in [0.25, 0.3) is 0 Å². The third kappa shape index (κ3) is 4.03. The Labute approximate surface area is 101 Å². The van der Waals surface area contributed by atoms with E-state index in [1.807, 2.05) is 0 Å². The van der Waals surface area contributed by atoms with Crippen molar-refractivity contribution >= 4 is 17.7 Å². The average molecular weight is 241 g/mol. The molecule has 0 aromatic heterocycles. The van der Waals surface area contributed by atoms with E-state index in [0.717, 1.165) is 37.9 Å². The first-order chi connectivity index (χ1) is 7.72. The maximum atomic E-state index is 11.6. The van der Waals surface area contributed by atoms with E-state index in [1.165, 1.54) is 0 Å².